The molecule has 2 aromatic carbocycles. The predicted octanol–water partition coefficient (Wildman–Crippen LogP) is 4.35. The number of unbranched alkanes of at least 4 members (excludes halogenated alkanes) is 1. The molecule has 0 aliphatic heterocycles. The maximum Gasteiger partial charge on any atom is 0.256 e. The molecule has 0 spiro atoms. The van der Waals surface area contributed by atoms with E-state index in [4.69, 9.17) is 0 Å². The second kappa shape index (κ2) is 12.7. The van der Waals surface area contributed by atoms with Crippen molar-refractivity contribution in [1.82, 2.24) is 5.32 Å². The van der Waals surface area contributed by atoms with Crippen LogP contribution in [0.2, 0.25) is 0 Å². The van der Waals surface area contributed by atoms with Gasteiger partial charge >= 0.3 is 0 Å². The Labute approximate surface area is 221 Å². The molecule has 3 rings (SSSR count). The van der Waals surface area contributed by atoms with Crippen LogP contribution in [0.25, 0.3) is 0 Å². The lowest BCUT2D eigenvalue weighted by Crippen LogP contribution is -2.46. The molecule has 1 fully saturated rings. The van der Waals surface area contributed by atoms with Gasteiger partial charge in [0.2, 0.25) is 5.91 Å². The first-order chi connectivity index (χ1) is 17.5. The van der Waals surface area contributed by atoms with Crippen molar-refractivity contribution in [3.8, 4) is 0 Å². The van der Waals surface area contributed by atoms with Crippen molar-refractivity contribution in [2.75, 3.05) is 23.9 Å². The van der Waals surface area contributed by atoms with Gasteiger partial charge in [0.25, 0.3) is 5.91 Å². The SMILES string of the molecule is Cc1cccc(C)c1C(=O)Nc1ccc(CC(CO)NC(=O)C2(CCCCS(C)(=O)=O)CCCC2)cc1. The first kappa shape index (κ1) is 28.9. The molecule has 0 radical (unpaired) electrons. The summed E-state index contributed by atoms with van der Waals surface area (Å²) in [5.41, 5.74) is 3.66. The molecule has 0 bridgehead atoms. The molecule has 1 aliphatic carbocycles. The highest BCUT2D eigenvalue weighted by Crippen LogP contribution is 2.42. The number of nitrogens with one attached hydrogen (secondary N) is 2. The van der Waals surface area contributed by atoms with Crippen molar-refractivity contribution in [2.45, 2.75) is 71.3 Å². The van der Waals surface area contributed by atoms with Crippen LogP contribution in [0.1, 0.15) is 72.0 Å². The van der Waals surface area contributed by atoms with Gasteiger partial charge in [0.1, 0.15) is 9.84 Å². The number of hydrogen-bond acceptors (Lipinski definition) is 5. The Morgan fingerprint density at radius 1 is 1.00 bits per heavy atom. The molecule has 8 heteroatoms. The Morgan fingerprint density at radius 3 is 2.19 bits per heavy atom. The average molecular weight is 529 g/mol. The number of benzene rings is 2. The van der Waals surface area contributed by atoms with Crippen molar-refractivity contribution in [2.24, 2.45) is 5.41 Å². The summed E-state index contributed by atoms with van der Waals surface area (Å²) in [6.07, 6.45) is 7.19. The van der Waals surface area contributed by atoms with Crippen LogP contribution in [-0.2, 0) is 21.1 Å². The lowest BCUT2D eigenvalue weighted by atomic mass is 9.80. The lowest BCUT2D eigenvalue weighted by Gasteiger charge is -2.30. The number of rotatable bonds is 12. The minimum Gasteiger partial charge on any atom is -0.394 e. The van der Waals surface area contributed by atoms with Gasteiger partial charge < -0.3 is 15.7 Å². The molecule has 3 N–H and O–H groups in total. The molecule has 1 atom stereocenters. The zero-order valence-corrected chi connectivity index (χ0v) is 23.0. The van der Waals surface area contributed by atoms with Gasteiger partial charge in [-0.3, -0.25) is 9.59 Å². The molecule has 2 amide bonds. The summed E-state index contributed by atoms with van der Waals surface area (Å²) in [7, 11) is -3.00. The molecular weight excluding hydrogens is 488 g/mol. The van der Waals surface area contributed by atoms with Crippen molar-refractivity contribution in [1.29, 1.82) is 0 Å². The maximum absolute atomic E-state index is 13.3. The number of amides is 2. The van der Waals surface area contributed by atoms with E-state index in [1.54, 1.807) is 0 Å². The van der Waals surface area contributed by atoms with Crippen molar-refractivity contribution < 1.29 is 23.1 Å². The standard InChI is InChI=1S/C29H40N2O5S/c1-21-9-8-10-22(2)26(21)27(33)30-24-13-11-23(12-14-24)19-25(20-32)31-28(34)29(15-4-5-16-29)17-6-7-18-37(3,35)36/h8-14,25,32H,4-7,15-20H2,1-3H3,(H,30,33)(H,31,34). The van der Waals surface area contributed by atoms with E-state index in [2.05, 4.69) is 10.6 Å². The Hall–Kier alpha value is -2.71. The van der Waals surface area contributed by atoms with Crippen LogP contribution in [0.5, 0.6) is 0 Å². The average Bonchev–Trinajstić information content (AvgIpc) is 3.32. The number of anilines is 1. The van der Waals surface area contributed by atoms with Crippen LogP contribution in [0, 0.1) is 19.3 Å². The van der Waals surface area contributed by atoms with Gasteiger partial charge in [-0.15, -0.1) is 0 Å². The Kier molecular flexibility index (Phi) is 9.90. The highest BCUT2D eigenvalue weighted by atomic mass is 32.2. The van der Waals surface area contributed by atoms with Gasteiger partial charge in [-0.2, -0.15) is 0 Å². The third kappa shape index (κ3) is 8.14. The monoisotopic (exact) mass is 528 g/mol. The molecule has 0 saturated heterocycles. The normalized spacial score (nSPS) is 15.8. The molecule has 1 saturated carbocycles. The van der Waals surface area contributed by atoms with Gasteiger partial charge in [-0.25, -0.2) is 8.42 Å². The third-order valence-electron chi connectivity index (χ3n) is 7.42. The number of aryl methyl sites for hydroxylation is 2. The molecule has 7 nitrogen and oxygen atoms in total. The van der Waals surface area contributed by atoms with Gasteiger partial charge in [0.15, 0.2) is 0 Å². The summed E-state index contributed by atoms with van der Waals surface area (Å²) < 4.78 is 22.9. The van der Waals surface area contributed by atoms with Crippen LogP contribution in [0.15, 0.2) is 42.5 Å². The summed E-state index contributed by atoms with van der Waals surface area (Å²) in [6.45, 7) is 3.65. The third-order valence-corrected chi connectivity index (χ3v) is 8.45. The highest BCUT2D eigenvalue weighted by molar-refractivity contribution is 7.90. The fourth-order valence-electron chi connectivity index (χ4n) is 5.34. The summed E-state index contributed by atoms with van der Waals surface area (Å²) in [5.74, 6) is -0.0477. The molecular formula is C29H40N2O5S. The number of aliphatic hydroxyl groups excluding tert-OH is 1. The highest BCUT2D eigenvalue weighted by Gasteiger charge is 2.41. The van der Waals surface area contributed by atoms with Crippen LogP contribution < -0.4 is 10.6 Å². The fourth-order valence-corrected chi connectivity index (χ4v) is 6.07. The summed E-state index contributed by atoms with van der Waals surface area (Å²) in [4.78, 5) is 26.1. The first-order valence-corrected chi connectivity index (χ1v) is 15.2. The zero-order chi connectivity index (χ0) is 27.1. The summed E-state index contributed by atoms with van der Waals surface area (Å²) in [5, 5.41) is 16.0. The molecule has 2 aromatic rings. The molecule has 0 aromatic heterocycles. The second-order valence-corrected chi connectivity index (χ2v) is 12.8. The van der Waals surface area contributed by atoms with Crippen LogP contribution in [-0.4, -0.2) is 50.0 Å². The molecule has 202 valence electrons. The number of carbonyl (C=O) groups is 2. The lowest BCUT2D eigenvalue weighted by molar-refractivity contribution is -0.132. The summed E-state index contributed by atoms with van der Waals surface area (Å²) >= 11 is 0. The van der Waals surface area contributed by atoms with Gasteiger partial charge in [-0.05, 0) is 74.8 Å². The zero-order valence-electron chi connectivity index (χ0n) is 22.2. The smallest absolute Gasteiger partial charge is 0.256 e. The van der Waals surface area contributed by atoms with E-state index >= 15 is 0 Å². The van der Waals surface area contributed by atoms with Crippen LogP contribution in [0.3, 0.4) is 0 Å². The van der Waals surface area contributed by atoms with Crippen molar-refractivity contribution in [3.63, 3.8) is 0 Å². The topological polar surface area (TPSA) is 113 Å². The van der Waals surface area contributed by atoms with Crippen LogP contribution in [0.4, 0.5) is 5.69 Å². The Balaban J connectivity index is 1.58. The van der Waals surface area contributed by atoms with E-state index in [1.807, 2.05) is 56.3 Å². The minimum absolute atomic E-state index is 0.0408. The van der Waals surface area contributed by atoms with E-state index in [0.717, 1.165) is 42.4 Å². The van der Waals surface area contributed by atoms with Crippen LogP contribution >= 0.6 is 0 Å². The molecule has 1 aliphatic rings. The van der Waals surface area contributed by atoms with E-state index < -0.39 is 21.3 Å². The quantitative estimate of drug-likeness (QED) is 0.355. The number of aliphatic hydroxyl groups is 1. The largest absolute Gasteiger partial charge is 0.394 e. The number of hydrogen-bond donors (Lipinski definition) is 3. The Morgan fingerprint density at radius 2 is 1.62 bits per heavy atom. The van der Waals surface area contributed by atoms with E-state index in [9.17, 15) is 23.1 Å². The van der Waals surface area contributed by atoms with E-state index in [0.29, 0.717) is 36.9 Å². The summed E-state index contributed by atoms with van der Waals surface area (Å²) in [6, 6.07) is 12.8. The van der Waals surface area contributed by atoms with Crippen molar-refractivity contribution in [3.05, 3.63) is 64.7 Å². The second-order valence-electron chi connectivity index (χ2n) is 10.5. The Bertz CT molecular complexity index is 1170. The van der Waals surface area contributed by atoms with Crippen molar-refractivity contribution >= 4 is 27.3 Å². The van der Waals surface area contributed by atoms with E-state index in [1.165, 1.54) is 6.26 Å². The van der Waals surface area contributed by atoms with Gasteiger partial charge in [-0.1, -0.05) is 49.6 Å². The molecule has 0 heterocycles. The minimum atomic E-state index is -3.00. The number of sulfone groups is 1. The van der Waals surface area contributed by atoms with Gasteiger partial charge in [0.05, 0.1) is 12.6 Å². The fraction of sp³-hybridized carbons (Fsp3) is 0.517. The van der Waals surface area contributed by atoms with Gasteiger partial charge in [0, 0.05) is 28.7 Å². The first-order valence-electron chi connectivity index (χ1n) is 13.1. The number of carbonyl (C=O) groups excluding carboxylic acids is 2. The predicted molar refractivity (Wildman–Crippen MR) is 147 cm³/mol. The van der Waals surface area contributed by atoms with E-state index in [-0.39, 0.29) is 24.2 Å². The maximum atomic E-state index is 13.3. The molecule has 37 heavy (non-hydrogen) atoms. The molecule has 1 unspecified atom stereocenters.